The molecule has 0 spiro atoms. The molecule has 1 aromatic rings. The number of carbonyl (C=O) groups is 2. The normalized spacial score (nSPS) is 11.9. The summed E-state index contributed by atoms with van der Waals surface area (Å²) in [4.78, 5) is 23.8. The van der Waals surface area contributed by atoms with Crippen LogP contribution in [0.4, 0.5) is 0 Å². The van der Waals surface area contributed by atoms with E-state index in [1.807, 2.05) is 45.0 Å². The number of amides is 1. The summed E-state index contributed by atoms with van der Waals surface area (Å²) in [6, 6.07) is 6.76. The fourth-order valence-corrected chi connectivity index (χ4v) is 2.13. The second kappa shape index (κ2) is 9.07. The van der Waals surface area contributed by atoms with Crippen molar-refractivity contribution in [3.8, 4) is 5.75 Å². The van der Waals surface area contributed by atoms with E-state index in [1.165, 1.54) is 7.11 Å². The molecule has 0 aliphatic rings. The molecule has 1 N–H and O–H groups in total. The molecule has 5 heteroatoms. The average molecular weight is 307 g/mol. The molecule has 0 bridgehead atoms. The first-order chi connectivity index (χ1) is 10.5. The molecular formula is C17H25NO4. The number of esters is 1. The lowest BCUT2D eigenvalue weighted by Crippen LogP contribution is -2.43. The van der Waals surface area contributed by atoms with Crippen molar-refractivity contribution in [2.24, 2.45) is 5.92 Å². The Morgan fingerprint density at radius 2 is 1.82 bits per heavy atom. The maximum absolute atomic E-state index is 12.1. The number of methoxy groups -OCH3 is 1. The topological polar surface area (TPSA) is 64.6 Å². The highest BCUT2D eigenvalue weighted by atomic mass is 16.5. The third kappa shape index (κ3) is 6.16. The van der Waals surface area contributed by atoms with Crippen LogP contribution in [0.3, 0.4) is 0 Å². The molecule has 0 saturated heterocycles. The molecule has 0 fully saturated rings. The SMILES string of the molecule is CCOc1ccc(CC(=O)NC(CC(C)C)C(=O)OC)cc1. The highest BCUT2D eigenvalue weighted by Crippen LogP contribution is 2.13. The van der Waals surface area contributed by atoms with Crippen LogP contribution in [0.2, 0.25) is 0 Å². The Balaban J connectivity index is 2.60. The molecule has 0 saturated carbocycles. The van der Waals surface area contributed by atoms with Crippen LogP contribution in [-0.4, -0.2) is 31.6 Å². The van der Waals surface area contributed by atoms with Gasteiger partial charge in [0.25, 0.3) is 0 Å². The van der Waals surface area contributed by atoms with Gasteiger partial charge in [-0.25, -0.2) is 4.79 Å². The van der Waals surface area contributed by atoms with Gasteiger partial charge in [-0.05, 0) is 37.0 Å². The summed E-state index contributed by atoms with van der Waals surface area (Å²) in [6.07, 6.45) is 0.777. The zero-order chi connectivity index (χ0) is 16.5. The maximum atomic E-state index is 12.1. The van der Waals surface area contributed by atoms with E-state index in [0.29, 0.717) is 13.0 Å². The Kier molecular flexibility index (Phi) is 7.43. The van der Waals surface area contributed by atoms with Crippen molar-refractivity contribution >= 4 is 11.9 Å². The minimum atomic E-state index is -0.597. The number of rotatable bonds is 8. The van der Waals surface area contributed by atoms with Crippen molar-refractivity contribution < 1.29 is 19.1 Å². The summed E-state index contributed by atoms with van der Waals surface area (Å²) in [5.41, 5.74) is 0.870. The predicted octanol–water partition coefficient (Wildman–Crippen LogP) is 2.33. The van der Waals surface area contributed by atoms with Gasteiger partial charge in [0.2, 0.25) is 5.91 Å². The van der Waals surface area contributed by atoms with Crippen LogP contribution in [0.15, 0.2) is 24.3 Å². The van der Waals surface area contributed by atoms with E-state index < -0.39 is 12.0 Å². The standard InChI is InChI=1S/C17H25NO4/c1-5-22-14-8-6-13(7-9-14)11-16(19)18-15(10-12(2)3)17(20)21-4/h6-9,12,15H,5,10-11H2,1-4H3,(H,18,19). The molecule has 1 atom stereocenters. The Bertz CT molecular complexity index is 482. The van der Waals surface area contributed by atoms with Crippen molar-refractivity contribution in [2.75, 3.05) is 13.7 Å². The third-order valence-corrected chi connectivity index (χ3v) is 3.13. The van der Waals surface area contributed by atoms with Crippen molar-refractivity contribution in [2.45, 2.75) is 39.7 Å². The van der Waals surface area contributed by atoms with Gasteiger partial charge in [0.1, 0.15) is 11.8 Å². The minimum absolute atomic E-state index is 0.194. The van der Waals surface area contributed by atoms with Gasteiger partial charge < -0.3 is 14.8 Å². The van der Waals surface area contributed by atoms with Crippen LogP contribution in [0.25, 0.3) is 0 Å². The molecular weight excluding hydrogens is 282 g/mol. The molecule has 0 aromatic heterocycles. The Morgan fingerprint density at radius 3 is 2.32 bits per heavy atom. The molecule has 5 nitrogen and oxygen atoms in total. The Morgan fingerprint density at radius 1 is 1.18 bits per heavy atom. The van der Waals surface area contributed by atoms with Crippen molar-refractivity contribution in [1.82, 2.24) is 5.32 Å². The van der Waals surface area contributed by atoms with Crippen LogP contribution in [0, 0.1) is 5.92 Å². The molecule has 0 radical (unpaired) electrons. The number of hydrogen-bond donors (Lipinski definition) is 1. The van der Waals surface area contributed by atoms with E-state index in [2.05, 4.69) is 5.32 Å². The van der Waals surface area contributed by atoms with Crippen molar-refractivity contribution in [3.05, 3.63) is 29.8 Å². The van der Waals surface area contributed by atoms with Gasteiger partial charge in [-0.1, -0.05) is 26.0 Å². The fraction of sp³-hybridized carbons (Fsp3) is 0.529. The third-order valence-electron chi connectivity index (χ3n) is 3.13. The average Bonchev–Trinajstić information content (AvgIpc) is 2.47. The van der Waals surface area contributed by atoms with Crippen LogP contribution >= 0.6 is 0 Å². The highest BCUT2D eigenvalue weighted by Gasteiger charge is 2.22. The molecule has 1 aromatic carbocycles. The van der Waals surface area contributed by atoms with E-state index in [-0.39, 0.29) is 18.2 Å². The van der Waals surface area contributed by atoms with E-state index in [1.54, 1.807) is 0 Å². The lowest BCUT2D eigenvalue weighted by Gasteiger charge is -2.18. The number of ether oxygens (including phenoxy) is 2. The molecule has 0 aliphatic carbocycles. The predicted molar refractivity (Wildman–Crippen MR) is 84.7 cm³/mol. The molecule has 1 amide bonds. The largest absolute Gasteiger partial charge is 0.494 e. The summed E-state index contributed by atoms with van der Waals surface area (Å²) in [5, 5.41) is 2.74. The van der Waals surface area contributed by atoms with E-state index >= 15 is 0 Å². The van der Waals surface area contributed by atoms with E-state index in [0.717, 1.165) is 11.3 Å². The van der Waals surface area contributed by atoms with Gasteiger partial charge in [-0.2, -0.15) is 0 Å². The lowest BCUT2D eigenvalue weighted by molar-refractivity contribution is -0.145. The Labute approximate surface area is 132 Å². The number of carbonyl (C=O) groups excluding carboxylic acids is 2. The van der Waals surface area contributed by atoms with Crippen molar-refractivity contribution in [1.29, 1.82) is 0 Å². The first kappa shape index (κ1) is 18.0. The van der Waals surface area contributed by atoms with Gasteiger partial charge >= 0.3 is 5.97 Å². The smallest absolute Gasteiger partial charge is 0.328 e. The van der Waals surface area contributed by atoms with Crippen LogP contribution in [-0.2, 0) is 20.7 Å². The van der Waals surface area contributed by atoms with Crippen LogP contribution < -0.4 is 10.1 Å². The van der Waals surface area contributed by atoms with Crippen LogP contribution in [0.1, 0.15) is 32.8 Å². The van der Waals surface area contributed by atoms with Crippen molar-refractivity contribution in [3.63, 3.8) is 0 Å². The van der Waals surface area contributed by atoms with Crippen LogP contribution in [0.5, 0.6) is 5.75 Å². The maximum Gasteiger partial charge on any atom is 0.328 e. The molecule has 0 heterocycles. The van der Waals surface area contributed by atoms with E-state index in [4.69, 9.17) is 9.47 Å². The highest BCUT2D eigenvalue weighted by molar-refractivity contribution is 5.85. The molecule has 22 heavy (non-hydrogen) atoms. The summed E-state index contributed by atoms with van der Waals surface area (Å²) in [6.45, 7) is 6.52. The molecule has 0 aliphatic heterocycles. The Hall–Kier alpha value is -2.04. The summed E-state index contributed by atoms with van der Waals surface area (Å²) >= 11 is 0. The lowest BCUT2D eigenvalue weighted by atomic mass is 10.0. The van der Waals surface area contributed by atoms with Gasteiger partial charge in [0.05, 0.1) is 20.1 Å². The van der Waals surface area contributed by atoms with Gasteiger partial charge in [0.15, 0.2) is 0 Å². The quantitative estimate of drug-likeness (QED) is 0.749. The minimum Gasteiger partial charge on any atom is -0.494 e. The second-order valence-electron chi connectivity index (χ2n) is 5.53. The molecule has 1 rings (SSSR count). The number of benzene rings is 1. The zero-order valence-corrected chi connectivity index (χ0v) is 13.7. The second-order valence-corrected chi connectivity index (χ2v) is 5.53. The summed E-state index contributed by atoms with van der Waals surface area (Å²) < 4.78 is 10.1. The zero-order valence-electron chi connectivity index (χ0n) is 13.7. The van der Waals surface area contributed by atoms with Gasteiger partial charge in [-0.15, -0.1) is 0 Å². The molecule has 122 valence electrons. The van der Waals surface area contributed by atoms with Gasteiger partial charge in [0, 0.05) is 0 Å². The summed E-state index contributed by atoms with van der Waals surface area (Å²) in [5.74, 6) is 0.461. The summed E-state index contributed by atoms with van der Waals surface area (Å²) in [7, 11) is 1.33. The number of nitrogens with one attached hydrogen (secondary N) is 1. The monoisotopic (exact) mass is 307 g/mol. The fourth-order valence-electron chi connectivity index (χ4n) is 2.13. The van der Waals surface area contributed by atoms with Gasteiger partial charge in [-0.3, -0.25) is 4.79 Å². The first-order valence-electron chi connectivity index (χ1n) is 7.55. The molecule has 1 unspecified atom stereocenters. The number of hydrogen-bond acceptors (Lipinski definition) is 4. The van der Waals surface area contributed by atoms with E-state index in [9.17, 15) is 9.59 Å². The first-order valence-corrected chi connectivity index (χ1v) is 7.55.